The quantitative estimate of drug-likeness (QED) is 0.495. The molecule has 0 radical (unpaired) electrons. The summed E-state index contributed by atoms with van der Waals surface area (Å²) in [5.74, 6) is 0.423. The molecule has 0 fully saturated rings. The van der Waals surface area contributed by atoms with Crippen molar-refractivity contribution in [2.75, 3.05) is 0 Å². The molecule has 0 saturated carbocycles. The van der Waals surface area contributed by atoms with E-state index < -0.39 is 0 Å². The van der Waals surface area contributed by atoms with Crippen LogP contribution in [0.15, 0.2) is 24.3 Å². The van der Waals surface area contributed by atoms with Gasteiger partial charge in [0.25, 0.3) is 0 Å². The summed E-state index contributed by atoms with van der Waals surface area (Å²) in [7, 11) is 0. The maximum absolute atomic E-state index is 10.8. The Morgan fingerprint density at radius 1 is 1.33 bits per heavy atom. The van der Waals surface area contributed by atoms with Crippen molar-refractivity contribution in [3.05, 3.63) is 29.8 Å². The first kappa shape index (κ1) is 8.78. The Bertz CT molecular complexity index is 262. The van der Waals surface area contributed by atoms with Gasteiger partial charge >= 0.3 is 5.97 Å². The zero-order valence-corrected chi connectivity index (χ0v) is 7.33. The molecule has 0 spiro atoms. The van der Waals surface area contributed by atoms with E-state index in [1.807, 2.05) is 19.1 Å². The van der Waals surface area contributed by atoms with Gasteiger partial charge in [-0.15, -0.1) is 0 Å². The van der Waals surface area contributed by atoms with E-state index in [1.165, 1.54) is 0 Å². The first-order valence-corrected chi connectivity index (χ1v) is 3.99. The molecule has 1 rings (SSSR count). The van der Waals surface area contributed by atoms with Gasteiger partial charge in [0, 0.05) is 6.42 Å². The summed E-state index contributed by atoms with van der Waals surface area (Å²) in [6.45, 7) is 3.77. The summed E-state index contributed by atoms with van der Waals surface area (Å²) in [5, 5.41) is 0. The van der Waals surface area contributed by atoms with E-state index in [0.29, 0.717) is 12.2 Å². The van der Waals surface area contributed by atoms with Gasteiger partial charge in [0.1, 0.15) is 5.75 Å². The average Bonchev–Trinajstić information content (AvgIpc) is 2.09. The summed E-state index contributed by atoms with van der Waals surface area (Å²) in [5.41, 5.74) is 1.16. The molecule has 12 heavy (non-hydrogen) atoms. The molecule has 0 N–H and O–H groups in total. The van der Waals surface area contributed by atoms with E-state index in [9.17, 15) is 4.79 Å². The molecule has 1 aromatic rings. The minimum atomic E-state index is -0.196. The van der Waals surface area contributed by atoms with Crippen LogP contribution in [0.3, 0.4) is 0 Å². The molecule has 0 unspecified atom stereocenters. The summed E-state index contributed by atoms with van der Waals surface area (Å²) < 4.78 is 4.98. The van der Waals surface area contributed by atoms with E-state index in [1.54, 1.807) is 19.1 Å². The van der Waals surface area contributed by atoms with Crippen LogP contribution in [0.4, 0.5) is 0 Å². The fraction of sp³-hybridized carbons (Fsp3) is 0.300. The number of esters is 1. The SMILES string of the molecule is CCC(=O)Oc1ccc(C)cc1. The van der Waals surface area contributed by atoms with Gasteiger partial charge in [0.15, 0.2) is 0 Å². The number of aryl methyl sites for hydroxylation is 1. The Kier molecular flexibility index (Phi) is 2.86. The van der Waals surface area contributed by atoms with E-state index in [2.05, 4.69) is 0 Å². The predicted molar refractivity (Wildman–Crippen MR) is 47.1 cm³/mol. The molecule has 0 aromatic heterocycles. The van der Waals surface area contributed by atoms with Crippen LogP contribution >= 0.6 is 0 Å². The fourth-order valence-electron chi connectivity index (χ4n) is 0.810. The molecule has 0 aliphatic rings. The third kappa shape index (κ3) is 2.38. The Morgan fingerprint density at radius 2 is 1.92 bits per heavy atom. The standard InChI is InChI=1S/C10H12O2/c1-3-10(11)12-9-6-4-8(2)5-7-9/h4-7H,3H2,1-2H3. The smallest absolute Gasteiger partial charge is 0.310 e. The Labute approximate surface area is 72.2 Å². The molecule has 0 aliphatic heterocycles. The highest BCUT2D eigenvalue weighted by molar-refractivity contribution is 5.71. The highest BCUT2D eigenvalue weighted by atomic mass is 16.5. The number of benzene rings is 1. The van der Waals surface area contributed by atoms with E-state index >= 15 is 0 Å². The second-order valence-corrected chi connectivity index (χ2v) is 2.64. The maximum atomic E-state index is 10.8. The third-order valence-electron chi connectivity index (χ3n) is 1.54. The first-order valence-electron chi connectivity index (χ1n) is 3.99. The molecule has 1 aromatic carbocycles. The van der Waals surface area contributed by atoms with Gasteiger partial charge in [-0.2, -0.15) is 0 Å². The predicted octanol–water partition coefficient (Wildman–Crippen LogP) is 2.31. The lowest BCUT2D eigenvalue weighted by atomic mass is 10.2. The largest absolute Gasteiger partial charge is 0.427 e. The van der Waals surface area contributed by atoms with Crippen molar-refractivity contribution in [3.63, 3.8) is 0 Å². The summed E-state index contributed by atoms with van der Waals surface area (Å²) in [6, 6.07) is 7.42. The number of carbonyl (C=O) groups is 1. The topological polar surface area (TPSA) is 26.3 Å². The molecule has 0 heterocycles. The molecule has 0 saturated heterocycles. The van der Waals surface area contributed by atoms with Gasteiger partial charge in [-0.1, -0.05) is 24.6 Å². The van der Waals surface area contributed by atoms with Crippen molar-refractivity contribution < 1.29 is 9.53 Å². The zero-order valence-electron chi connectivity index (χ0n) is 7.33. The van der Waals surface area contributed by atoms with Gasteiger partial charge in [-0.25, -0.2) is 0 Å². The summed E-state index contributed by atoms with van der Waals surface area (Å²) >= 11 is 0. The molecular weight excluding hydrogens is 152 g/mol. The summed E-state index contributed by atoms with van der Waals surface area (Å²) in [4.78, 5) is 10.8. The number of carbonyl (C=O) groups excluding carboxylic acids is 1. The van der Waals surface area contributed by atoms with Gasteiger partial charge in [-0.05, 0) is 19.1 Å². The molecule has 0 atom stereocenters. The number of rotatable bonds is 2. The van der Waals surface area contributed by atoms with Gasteiger partial charge in [0.05, 0.1) is 0 Å². The highest BCUT2D eigenvalue weighted by Crippen LogP contribution is 2.11. The van der Waals surface area contributed by atoms with Gasteiger partial charge in [0.2, 0.25) is 0 Å². The highest BCUT2D eigenvalue weighted by Gasteiger charge is 1.99. The van der Waals surface area contributed by atoms with Crippen LogP contribution in [0.25, 0.3) is 0 Å². The second kappa shape index (κ2) is 3.90. The minimum absolute atomic E-state index is 0.196. The van der Waals surface area contributed by atoms with Crippen LogP contribution in [0, 0.1) is 6.92 Å². The minimum Gasteiger partial charge on any atom is -0.427 e. The van der Waals surface area contributed by atoms with Crippen LogP contribution in [0.1, 0.15) is 18.9 Å². The number of ether oxygens (including phenoxy) is 1. The monoisotopic (exact) mass is 164 g/mol. The van der Waals surface area contributed by atoms with Crippen LogP contribution in [-0.2, 0) is 4.79 Å². The average molecular weight is 164 g/mol. The second-order valence-electron chi connectivity index (χ2n) is 2.64. The molecule has 0 bridgehead atoms. The van der Waals surface area contributed by atoms with Crippen molar-refractivity contribution in [1.29, 1.82) is 0 Å². The van der Waals surface area contributed by atoms with Crippen molar-refractivity contribution in [3.8, 4) is 5.75 Å². The van der Waals surface area contributed by atoms with Crippen molar-refractivity contribution in [2.24, 2.45) is 0 Å². The lowest BCUT2D eigenvalue weighted by Crippen LogP contribution is -2.05. The molecule has 0 amide bonds. The Hall–Kier alpha value is -1.31. The number of hydrogen-bond acceptors (Lipinski definition) is 2. The van der Waals surface area contributed by atoms with Gasteiger partial charge in [-0.3, -0.25) is 4.79 Å². The number of hydrogen-bond donors (Lipinski definition) is 0. The summed E-state index contributed by atoms with van der Waals surface area (Å²) in [6.07, 6.45) is 0.411. The maximum Gasteiger partial charge on any atom is 0.310 e. The molecule has 64 valence electrons. The Balaban J connectivity index is 2.64. The van der Waals surface area contributed by atoms with Crippen LogP contribution in [0.2, 0.25) is 0 Å². The van der Waals surface area contributed by atoms with E-state index in [0.717, 1.165) is 5.56 Å². The normalized spacial score (nSPS) is 9.50. The van der Waals surface area contributed by atoms with Crippen molar-refractivity contribution in [1.82, 2.24) is 0 Å². The van der Waals surface area contributed by atoms with E-state index in [4.69, 9.17) is 4.74 Å². The van der Waals surface area contributed by atoms with E-state index in [-0.39, 0.29) is 5.97 Å². The first-order chi connectivity index (χ1) is 5.72. The van der Waals surface area contributed by atoms with Crippen LogP contribution in [0.5, 0.6) is 5.75 Å². The molecular formula is C10H12O2. The van der Waals surface area contributed by atoms with Crippen molar-refractivity contribution in [2.45, 2.75) is 20.3 Å². The lowest BCUT2D eigenvalue weighted by Gasteiger charge is -2.01. The third-order valence-corrected chi connectivity index (χ3v) is 1.54. The van der Waals surface area contributed by atoms with Crippen LogP contribution in [-0.4, -0.2) is 5.97 Å². The van der Waals surface area contributed by atoms with Gasteiger partial charge < -0.3 is 4.74 Å². The lowest BCUT2D eigenvalue weighted by molar-refractivity contribution is -0.134. The molecule has 2 heteroatoms. The Morgan fingerprint density at radius 3 is 2.42 bits per heavy atom. The fourth-order valence-corrected chi connectivity index (χ4v) is 0.810. The van der Waals surface area contributed by atoms with Crippen molar-refractivity contribution >= 4 is 5.97 Å². The zero-order chi connectivity index (χ0) is 8.97. The molecule has 0 aliphatic carbocycles. The van der Waals surface area contributed by atoms with Crippen LogP contribution < -0.4 is 4.74 Å². The molecule has 2 nitrogen and oxygen atoms in total.